The first kappa shape index (κ1) is 8.75. The van der Waals surface area contributed by atoms with Gasteiger partial charge in [-0.2, -0.15) is 0 Å². The first-order chi connectivity index (χ1) is 6.86. The van der Waals surface area contributed by atoms with Gasteiger partial charge in [-0.05, 0) is 18.6 Å². The largest absolute Gasteiger partial charge is 0.322 e. The van der Waals surface area contributed by atoms with E-state index in [1.54, 1.807) is 0 Å². The molecule has 1 aromatic carbocycles. The van der Waals surface area contributed by atoms with Crippen LogP contribution in [0.15, 0.2) is 54.1 Å². The van der Waals surface area contributed by atoms with Crippen LogP contribution in [0, 0.1) is 0 Å². The summed E-state index contributed by atoms with van der Waals surface area (Å²) in [5, 5.41) is 2.84. The number of rotatable bonds is 2. The van der Waals surface area contributed by atoms with Crippen molar-refractivity contribution in [1.82, 2.24) is 0 Å². The summed E-state index contributed by atoms with van der Waals surface area (Å²) < 4.78 is 0. The number of hydrogen-bond donors (Lipinski definition) is 1. The second-order valence-electron chi connectivity index (χ2n) is 3.14. The third-order valence-corrected chi connectivity index (χ3v) is 2.09. The van der Waals surface area contributed by atoms with Crippen LogP contribution < -0.4 is 5.32 Å². The van der Waals surface area contributed by atoms with E-state index in [1.165, 1.54) is 0 Å². The van der Waals surface area contributed by atoms with Crippen LogP contribution in [0.4, 0.5) is 5.69 Å². The molecular formula is C12H11NO. The SMILES string of the molecule is O=C(Nc1ccccc1)C1=CC=CC1. The van der Waals surface area contributed by atoms with Gasteiger partial charge in [0.2, 0.25) is 0 Å². The van der Waals surface area contributed by atoms with E-state index in [-0.39, 0.29) is 5.91 Å². The molecule has 14 heavy (non-hydrogen) atoms. The highest BCUT2D eigenvalue weighted by Crippen LogP contribution is 2.13. The lowest BCUT2D eigenvalue weighted by molar-refractivity contribution is -0.112. The van der Waals surface area contributed by atoms with E-state index in [2.05, 4.69) is 5.32 Å². The predicted molar refractivity (Wildman–Crippen MR) is 56.9 cm³/mol. The summed E-state index contributed by atoms with van der Waals surface area (Å²) in [7, 11) is 0. The maximum Gasteiger partial charge on any atom is 0.251 e. The van der Waals surface area contributed by atoms with Gasteiger partial charge in [0.25, 0.3) is 5.91 Å². The third kappa shape index (κ3) is 1.91. The van der Waals surface area contributed by atoms with Crippen molar-refractivity contribution in [3.63, 3.8) is 0 Å². The summed E-state index contributed by atoms with van der Waals surface area (Å²) in [4.78, 5) is 11.6. The Morgan fingerprint density at radius 3 is 2.64 bits per heavy atom. The molecule has 1 amide bonds. The molecule has 0 saturated carbocycles. The van der Waals surface area contributed by atoms with E-state index < -0.39 is 0 Å². The molecule has 2 heteroatoms. The van der Waals surface area contributed by atoms with Gasteiger partial charge in [-0.15, -0.1) is 0 Å². The molecule has 0 aliphatic heterocycles. The molecule has 0 bridgehead atoms. The summed E-state index contributed by atoms with van der Waals surface area (Å²) in [6.07, 6.45) is 6.46. The number of para-hydroxylation sites is 1. The van der Waals surface area contributed by atoms with Gasteiger partial charge in [-0.1, -0.05) is 36.4 Å². The van der Waals surface area contributed by atoms with Crippen LogP contribution in [0.2, 0.25) is 0 Å². The van der Waals surface area contributed by atoms with Crippen molar-refractivity contribution in [2.75, 3.05) is 5.32 Å². The number of amides is 1. The van der Waals surface area contributed by atoms with Crippen LogP contribution in [0.25, 0.3) is 0 Å². The van der Waals surface area contributed by atoms with Crippen molar-refractivity contribution in [2.24, 2.45) is 0 Å². The van der Waals surface area contributed by atoms with Gasteiger partial charge in [-0.25, -0.2) is 0 Å². The summed E-state index contributed by atoms with van der Waals surface area (Å²) in [5.41, 5.74) is 1.65. The van der Waals surface area contributed by atoms with E-state index in [9.17, 15) is 4.79 Å². The van der Waals surface area contributed by atoms with Gasteiger partial charge < -0.3 is 5.32 Å². The molecule has 1 aliphatic rings. The average molecular weight is 185 g/mol. The minimum atomic E-state index is -0.0128. The zero-order valence-electron chi connectivity index (χ0n) is 7.73. The minimum absolute atomic E-state index is 0.0128. The summed E-state index contributed by atoms with van der Waals surface area (Å²) in [6.45, 7) is 0. The topological polar surface area (TPSA) is 29.1 Å². The number of carbonyl (C=O) groups is 1. The van der Waals surface area contributed by atoms with Crippen molar-refractivity contribution in [1.29, 1.82) is 0 Å². The standard InChI is InChI=1S/C12H11NO/c14-12(10-6-4-5-7-10)13-11-8-2-1-3-9-11/h1-6,8-9H,7H2,(H,13,14). The van der Waals surface area contributed by atoms with Crippen LogP contribution >= 0.6 is 0 Å². The van der Waals surface area contributed by atoms with Crippen LogP contribution in [0.5, 0.6) is 0 Å². The number of hydrogen-bond acceptors (Lipinski definition) is 1. The molecule has 0 fully saturated rings. The van der Waals surface area contributed by atoms with Crippen LogP contribution in [0.1, 0.15) is 6.42 Å². The highest BCUT2D eigenvalue weighted by Gasteiger charge is 2.09. The summed E-state index contributed by atoms with van der Waals surface area (Å²) >= 11 is 0. The Morgan fingerprint density at radius 2 is 2.00 bits per heavy atom. The Morgan fingerprint density at radius 1 is 1.21 bits per heavy atom. The molecule has 70 valence electrons. The third-order valence-electron chi connectivity index (χ3n) is 2.09. The van der Waals surface area contributed by atoms with E-state index in [4.69, 9.17) is 0 Å². The van der Waals surface area contributed by atoms with E-state index >= 15 is 0 Å². The maximum absolute atomic E-state index is 11.6. The summed E-state index contributed by atoms with van der Waals surface area (Å²) in [6, 6.07) is 9.47. The van der Waals surface area contributed by atoms with Gasteiger partial charge in [-0.3, -0.25) is 4.79 Å². The Bertz CT molecular complexity index is 390. The Labute approximate surface area is 82.9 Å². The van der Waals surface area contributed by atoms with Gasteiger partial charge in [0.1, 0.15) is 0 Å². The van der Waals surface area contributed by atoms with Gasteiger partial charge in [0.15, 0.2) is 0 Å². The summed E-state index contributed by atoms with van der Waals surface area (Å²) in [5.74, 6) is -0.0128. The zero-order chi connectivity index (χ0) is 9.80. The second-order valence-corrected chi connectivity index (χ2v) is 3.14. The Kier molecular flexibility index (Phi) is 2.45. The molecule has 2 rings (SSSR count). The number of nitrogens with one attached hydrogen (secondary N) is 1. The van der Waals surface area contributed by atoms with Crippen LogP contribution in [-0.2, 0) is 4.79 Å². The average Bonchev–Trinajstić information content (AvgIpc) is 2.72. The fourth-order valence-electron chi connectivity index (χ4n) is 1.35. The predicted octanol–water partition coefficient (Wildman–Crippen LogP) is 2.51. The number of allylic oxidation sites excluding steroid dienone is 3. The molecule has 0 radical (unpaired) electrons. The fourth-order valence-corrected chi connectivity index (χ4v) is 1.35. The molecule has 0 atom stereocenters. The molecule has 2 nitrogen and oxygen atoms in total. The highest BCUT2D eigenvalue weighted by molar-refractivity contribution is 6.04. The van der Waals surface area contributed by atoms with Gasteiger partial charge >= 0.3 is 0 Å². The first-order valence-corrected chi connectivity index (χ1v) is 4.58. The van der Waals surface area contributed by atoms with E-state index in [0.717, 1.165) is 17.7 Å². The maximum atomic E-state index is 11.6. The lowest BCUT2D eigenvalue weighted by Gasteiger charge is -2.04. The van der Waals surface area contributed by atoms with Gasteiger partial charge in [0, 0.05) is 11.3 Å². The highest BCUT2D eigenvalue weighted by atomic mass is 16.1. The zero-order valence-corrected chi connectivity index (χ0v) is 7.73. The minimum Gasteiger partial charge on any atom is -0.322 e. The van der Waals surface area contributed by atoms with Crippen molar-refractivity contribution < 1.29 is 4.79 Å². The van der Waals surface area contributed by atoms with Crippen molar-refractivity contribution in [3.8, 4) is 0 Å². The molecule has 0 aromatic heterocycles. The molecule has 0 spiro atoms. The Hall–Kier alpha value is -1.83. The number of anilines is 1. The van der Waals surface area contributed by atoms with E-state index in [1.807, 2.05) is 48.6 Å². The van der Waals surface area contributed by atoms with E-state index in [0.29, 0.717) is 0 Å². The molecule has 1 N–H and O–H groups in total. The fraction of sp³-hybridized carbons (Fsp3) is 0.0833. The molecule has 0 unspecified atom stereocenters. The van der Waals surface area contributed by atoms with Crippen LogP contribution in [-0.4, -0.2) is 5.91 Å². The normalized spacial score (nSPS) is 13.9. The lowest BCUT2D eigenvalue weighted by Crippen LogP contribution is -2.12. The number of benzene rings is 1. The first-order valence-electron chi connectivity index (χ1n) is 4.58. The van der Waals surface area contributed by atoms with Crippen molar-refractivity contribution in [2.45, 2.75) is 6.42 Å². The molecule has 0 heterocycles. The van der Waals surface area contributed by atoms with Crippen molar-refractivity contribution in [3.05, 3.63) is 54.1 Å². The molecule has 0 saturated heterocycles. The van der Waals surface area contributed by atoms with Crippen molar-refractivity contribution >= 4 is 11.6 Å². The second kappa shape index (κ2) is 3.92. The lowest BCUT2D eigenvalue weighted by atomic mass is 10.2. The molecule has 1 aliphatic carbocycles. The monoisotopic (exact) mass is 185 g/mol. The quantitative estimate of drug-likeness (QED) is 0.753. The Balaban J connectivity index is 2.02. The number of carbonyl (C=O) groups excluding carboxylic acids is 1. The molecular weight excluding hydrogens is 174 g/mol. The molecule has 1 aromatic rings. The van der Waals surface area contributed by atoms with Crippen LogP contribution in [0.3, 0.4) is 0 Å². The smallest absolute Gasteiger partial charge is 0.251 e. The van der Waals surface area contributed by atoms with Gasteiger partial charge in [0.05, 0.1) is 0 Å².